The third kappa shape index (κ3) is 3.51. The molecule has 104 valence electrons. The van der Waals surface area contributed by atoms with Crippen LogP contribution in [0.5, 0.6) is 5.75 Å². The molecular formula is C15H18N4O. The van der Waals surface area contributed by atoms with E-state index in [0.29, 0.717) is 5.75 Å². The van der Waals surface area contributed by atoms with Crippen molar-refractivity contribution in [1.82, 2.24) is 9.78 Å². The summed E-state index contributed by atoms with van der Waals surface area (Å²) in [6.07, 6.45) is 2.90. The van der Waals surface area contributed by atoms with Crippen LogP contribution in [0.1, 0.15) is 18.2 Å². The molecule has 0 fully saturated rings. The number of rotatable bonds is 6. The lowest BCUT2D eigenvalue weighted by atomic mass is 10.2. The van der Waals surface area contributed by atoms with Crippen LogP contribution in [0.15, 0.2) is 30.5 Å². The number of nitrogens with one attached hydrogen (secondary N) is 1. The normalized spacial score (nSPS) is 10.1. The molecule has 1 aromatic carbocycles. The Morgan fingerprint density at radius 1 is 1.35 bits per heavy atom. The fraction of sp³-hybridized carbons (Fsp3) is 0.333. The van der Waals surface area contributed by atoms with Crippen molar-refractivity contribution >= 4 is 5.69 Å². The van der Waals surface area contributed by atoms with E-state index in [4.69, 9.17) is 10.00 Å². The molecule has 2 rings (SSSR count). The molecule has 0 saturated heterocycles. The van der Waals surface area contributed by atoms with Crippen LogP contribution >= 0.6 is 0 Å². The average molecular weight is 270 g/mol. The van der Waals surface area contributed by atoms with E-state index in [9.17, 15) is 0 Å². The number of nitrogens with zero attached hydrogens (tertiary/aromatic N) is 3. The van der Waals surface area contributed by atoms with Gasteiger partial charge in [-0.25, -0.2) is 0 Å². The maximum Gasteiger partial charge on any atom is 0.174 e. The van der Waals surface area contributed by atoms with Crippen LogP contribution in [0.2, 0.25) is 0 Å². The molecule has 0 spiro atoms. The van der Waals surface area contributed by atoms with E-state index < -0.39 is 0 Å². The van der Waals surface area contributed by atoms with Crippen LogP contribution in [0, 0.1) is 11.3 Å². The lowest BCUT2D eigenvalue weighted by Gasteiger charge is -2.07. The Labute approximate surface area is 118 Å². The third-order valence-corrected chi connectivity index (χ3v) is 2.95. The Kier molecular flexibility index (Phi) is 4.61. The second-order valence-corrected chi connectivity index (χ2v) is 4.46. The second kappa shape index (κ2) is 6.62. The van der Waals surface area contributed by atoms with Gasteiger partial charge in [0, 0.05) is 19.8 Å². The summed E-state index contributed by atoms with van der Waals surface area (Å²) < 4.78 is 7.04. The van der Waals surface area contributed by atoms with Crippen LogP contribution in [-0.2, 0) is 20.0 Å². The van der Waals surface area contributed by atoms with E-state index >= 15 is 0 Å². The number of hydrogen-bond donors (Lipinski definition) is 1. The summed E-state index contributed by atoms with van der Waals surface area (Å²) in [4.78, 5) is 0. The van der Waals surface area contributed by atoms with Crippen molar-refractivity contribution in [1.29, 1.82) is 5.26 Å². The third-order valence-electron chi connectivity index (χ3n) is 2.95. The van der Waals surface area contributed by atoms with Gasteiger partial charge in [-0.2, -0.15) is 10.4 Å². The van der Waals surface area contributed by atoms with Gasteiger partial charge in [0.15, 0.2) is 6.61 Å². The van der Waals surface area contributed by atoms with Gasteiger partial charge in [0.2, 0.25) is 0 Å². The fourth-order valence-corrected chi connectivity index (χ4v) is 1.96. The van der Waals surface area contributed by atoms with Crippen molar-refractivity contribution in [2.75, 3.05) is 11.9 Å². The maximum atomic E-state index is 8.45. The Balaban J connectivity index is 1.95. The van der Waals surface area contributed by atoms with Crippen LogP contribution < -0.4 is 10.1 Å². The first-order chi connectivity index (χ1) is 9.72. The zero-order valence-corrected chi connectivity index (χ0v) is 11.8. The first-order valence-electron chi connectivity index (χ1n) is 6.58. The Morgan fingerprint density at radius 2 is 2.10 bits per heavy atom. The van der Waals surface area contributed by atoms with Crippen molar-refractivity contribution in [3.63, 3.8) is 0 Å². The van der Waals surface area contributed by atoms with Gasteiger partial charge in [0.1, 0.15) is 11.8 Å². The molecule has 0 aliphatic rings. The number of benzene rings is 1. The Bertz CT molecular complexity index is 595. The highest BCUT2D eigenvalue weighted by atomic mass is 16.5. The first kappa shape index (κ1) is 13.9. The lowest BCUT2D eigenvalue weighted by molar-refractivity contribution is 0.368. The van der Waals surface area contributed by atoms with E-state index in [1.807, 2.05) is 48.3 Å². The van der Waals surface area contributed by atoms with Crippen LogP contribution in [-0.4, -0.2) is 16.4 Å². The van der Waals surface area contributed by atoms with Crippen LogP contribution in [0.4, 0.5) is 5.69 Å². The second-order valence-electron chi connectivity index (χ2n) is 4.46. The van der Waals surface area contributed by atoms with E-state index in [1.165, 1.54) is 0 Å². The lowest BCUT2D eigenvalue weighted by Crippen LogP contribution is -2.01. The molecule has 0 radical (unpaired) electrons. The molecule has 1 heterocycles. The van der Waals surface area contributed by atoms with Crippen LogP contribution in [0.25, 0.3) is 0 Å². The summed E-state index contributed by atoms with van der Waals surface area (Å²) in [5.74, 6) is 0.714. The fourth-order valence-electron chi connectivity index (χ4n) is 1.96. The van der Waals surface area contributed by atoms with Gasteiger partial charge in [-0.15, -0.1) is 0 Å². The summed E-state index contributed by atoms with van der Waals surface area (Å²) in [6, 6.07) is 9.67. The van der Waals surface area contributed by atoms with Crippen molar-refractivity contribution < 1.29 is 4.74 Å². The number of aryl methyl sites for hydroxylation is 2. The van der Waals surface area contributed by atoms with Gasteiger partial charge in [0.25, 0.3) is 0 Å². The van der Waals surface area contributed by atoms with E-state index in [-0.39, 0.29) is 6.61 Å². The zero-order chi connectivity index (χ0) is 14.4. The minimum absolute atomic E-state index is 0.0765. The summed E-state index contributed by atoms with van der Waals surface area (Å²) in [5.41, 5.74) is 3.29. The Morgan fingerprint density at radius 3 is 2.75 bits per heavy atom. The van der Waals surface area contributed by atoms with Gasteiger partial charge in [-0.05, 0) is 24.1 Å². The van der Waals surface area contributed by atoms with E-state index in [0.717, 1.165) is 29.9 Å². The number of nitriles is 1. The van der Waals surface area contributed by atoms with Gasteiger partial charge in [0.05, 0.1) is 11.4 Å². The highest BCUT2D eigenvalue weighted by Gasteiger charge is 2.05. The number of aromatic nitrogens is 2. The molecule has 20 heavy (non-hydrogen) atoms. The SMILES string of the molecule is CCc1nn(C)cc1NCc1ccc(OCC#N)cc1. The highest BCUT2D eigenvalue weighted by molar-refractivity contribution is 5.47. The average Bonchev–Trinajstić information content (AvgIpc) is 2.84. The molecule has 2 aromatic rings. The Hall–Kier alpha value is -2.48. The first-order valence-corrected chi connectivity index (χ1v) is 6.58. The summed E-state index contributed by atoms with van der Waals surface area (Å²) >= 11 is 0. The number of anilines is 1. The largest absolute Gasteiger partial charge is 0.479 e. The molecule has 0 aliphatic carbocycles. The van der Waals surface area contributed by atoms with Gasteiger partial charge in [-0.1, -0.05) is 19.1 Å². The molecule has 1 N–H and O–H groups in total. The standard InChI is InChI=1S/C15H18N4O/c1-3-14-15(11-19(2)18-14)17-10-12-4-6-13(7-5-12)20-9-8-16/h4-7,11,17H,3,9-10H2,1-2H3. The molecule has 0 amide bonds. The minimum Gasteiger partial charge on any atom is -0.479 e. The molecule has 5 nitrogen and oxygen atoms in total. The molecule has 0 bridgehead atoms. The predicted octanol–water partition coefficient (Wildman–Crippen LogP) is 2.50. The van der Waals surface area contributed by atoms with Crippen LogP contribution in [0.3, 0.4) is 0 Å². The number of ether oxygens (including phenoxy) is 1. The van der Waals surface area contributed by atoms with Crippen molar-refractivity contribution in [2.24, 2.45) is 7.05 Å². The van der Waals surface area contributed by atoms with E-state index in [2.05, 4.69) is 17.3 Å². The van der Waals surface area contributed by atoms with Gasteiger partial charge in [-0.3, -0.25) is 4.68 Å². The minimum atomic E-state index is 0.0765. The molecular weight excluding hydrogens is 252 g/mol. The zero-order valence-electron chi connectivity index (χ0n) is 11.8. The van der Waals surface area contributed by atoms with Gasteiger partial charge >= 0.3 is 0 Å². The predicted molar refractivity (Wildman–Crippen MR) is 77.5 cm³/mol. The monoisotopic (exact) mass is 270 g/mol. The van der Waals surface area contributed by atoms with Crippen molar-refractivity contribution in [2.45, 2.75) is 19.9 Å². The molecule has 0 atom stereocenters. The molecule has 0 saturated carbocycles. The van der Waals surface area contributed by atoms with E-state index in [1.54, 1.807) is 0 Å². The smallest absolute Gasteiger partial charge is 0.174 e. The summed E-state index contributed by atoms with van der Waals surface area (Å²) in [6.45, 7) is 2.90. The van der Waals surface area contributed by atoms with Crippen molar-refractivity contribution in [3.05, 3.63) is 41.7 Å². The van der Waals surface area contributed by atoms with Gasteiger partial charge < -0.3 is 10.1 Å². The topological polar surface area (TPSA) is 62.9 Å². The molecule has 0 unspecified atom stereocenters. The summed E-state index contributed by atoms with van der Waals surface area (Å²) in [7, 11) is 1.92. The molecule has 5 heteroatoms. The number of hydrogen-bond acceptors (Lipinski definition) is 4. The quantitative estimate of drug-likeness (QED) is 0.876. The highest BCUT2D eigenvalue weighted by Crippen LogP contribution is 2.16. The summed E-state index contributed by atoms with van der Waals surface area (Å²) in [5, 5.41) is 16.2. The maximum absolute atomic E-state index is 8.45. The van der Waals surface area contributed by atoms with Crippen molar-refractivity contribution in [3.8, 4) is 11.8 Å². The molecule has 0 aliphatic heterocycles. The molecule has 1 aromatic heterocycles.